The first-order valence-electron chi connectivity index (χ1n) is 8.02. The Hall–Kier alpha value is -1.92. The summed E-state index contributed by atoms with van der Waals surface area (Å²) >= 11 is 0. The van der Waals surface area contributed by atoms with E-state index in [1.54, 1.807) is 6.07 Å². The molecule has 0 spiro atoms. The molecule has 1 aliphatic heterocycles. The third-order valence-electron chi connectivity index (χ3n) is 4.16. The van der Waals surface area contributed by atoms with E-state index < -0.39 is 0 Å². The van der Waals surface area contributed by atoms with E-state index in [0.717, 1.165) is 19.4 Å². The van der Waals surface area contributed by atoms with E-state index in [0.29, 0.717) is 30.1 Å². The molecule has 0 atom stereocenters. The van der Waals surface area contributed by atoms with Gasteiger partial charge in [0.25, 0.3) is 5.56 Å². The lowest BCUT2D eigenvalue weighted by Crippen LogP contribution is -2.30. The molecule has 0 aliphatic carbocycles. The fourth-order valence-corrected chi connectivity index (χ4v) is 2.85. The van der Waals surface area contributed by atoms with Gasteiger partial charge in [0.1, 0.15) is 0 Å². The second-order valence-electron chi connectivity index (χ2n) is 6.52. The number of nitrogens with one attached hydrogen (secondary N) is 2. The number of para-hydroxylation sites is 1. The van der Waals surface area contributed by atoms with Crippen LogP contribution in [-0.2, 0) is 9.47 Å². The van der Waals surface area contributed by atoms with E-state index in [-0.39, 0.29) is 17.3 Å². The normalized spacial score (nSPS) is 16.1. The van der Waals surface area contributed by atoms with Crippen LogP contribution in [0.25, 0.3) is 10.9 Å². The highest BCUT2D eigenvalue weighted by molar-refractivity contribution is 5.78. The Kier molecular flexibility index (Phi) is 4.63. The summed E-state index contributed by atoms with van der Waals surface area (Å²) in [7, 11) is 0. The Morgan fingerprint density at radius 2 is 2.04 bits per heavy atom. The van der Waals surface area contributed by atoms with E-state index in [1.165, 1.54) is 0 Å². The highest BCUT2D eigenvalue weighted by Crippen LogP contribution is 2.31. The third kappa shape index (κ3) is 3.71. The Morgan fingerprint density at radius 1 is 1.30 bits per heavy atom. The zero-order valence-electron chi connectivity index (χ0n) is 13.6. The van der Waals surface area contributed by atoms with Crippen molar-refractivity contribution in [2.45, 2.75) is 33.0 Å². The van der Waals surface area contributed by atoms with Crippen molar-refractivity contribution in [3.05, 3.63) is 34.6 Å². The van der Waals surface area contributed by atoms with E-state index >= 15 is 0 Å². The monoisotopic (exact) mass is 317 g/mol. The first kappa shape index (κ1) is 16.0. The minimum absolute atomic E-state index is 0.0254. The molecule has 0 amide bonds. The number of benzene rings is 1. The van der Waals surface area contributed by atoms with Gasteiger partial charge < -0.3 is 14.8 Å². The molecule has 2 heterocycles. The van der Waals surface area contributed by atoms with Crippen LogP contribution in [0.4, 0.5) is 5.95 Å². The maximum Gasteiger partial charge on any atom is 0.260 e. The molecule has 3 rings (SSSR count). The minimum Gasteiger partial charge on any atom is -0.356 e. The zero-order chi connectivity index (χ0) is 16.3. The van der Waals surface area contributed by atoms with Gasteiger partial charge in [0.05, 0.1) is 24.1 Å². The van der Waals surface area contributed by atoms with Crippen molar-refractivity contribution < 1.29 is 9.47 Å². The Balaban J connectivity index is 1.55. The molecule has 23 heavy (non-hydrogen) atoms. The number of H-pyrrole nitrogens is 1. The van der Waals surface area contributed by atoms with E-state index in [1.807, 2.05) is 18.2 Å². The predicted molar refractivity (Wildman–Crippen MR) is 89.6 cm³/mol. The largest absolute Gasteiger partial charge is 0.356 e. The third-order valence-corrected chi connectivity index (χ3v) is 4.16. The van der Waals surface area contributed by atoms with Crippen molar-refractivity contribution in [2.75, 3.05) is 25.1 Å². The van der Waals surface area contributed by atoms with Gasteiger partial charge in [-0.2, -0.15) is 0 Å². The molecule has 0 unspecified atom stereocenters. The summed E-state index contributed by atoms with van der Waals surface area (Å²) in [6.45, 7) is 6.39. The molecular weight excluding hydrogens is 294 g/mol. The maximum absolute atomic E-state index is 12.0. The van der Waals surface area contributed by atoms with Gasteiger partial charge in [0.15, 0.2) is 6.29 Å². The molecule has 0 radical (unpaired) electrons. The highest BCUT2D eigenvalue weighted by Gasteiger charge is 2.33. The van der Waals surface area contributed by atoms with Crippen LogP contribution in [-0.4, -0.2) is 36.0 Å². The SMILES string of the molecule is CC(C)(CCCNc1nc2ccccc2c(=O)[nH]1)C1OCCO1. The van der Waals surface area contributed by atoms with Crippen molar-refractivity contribution >= 4 is 16.9 Å². The summed E-state index contributed by atoms with van der Waals surface area (Å²) in [5.74, 6) is 0.514. The van der Waals surface area contributed by atoms with Crippen LogP contribution in [0, 0.1) is 5.41 Å². The molecule has 6 nitrogen and oxygen atoms in total. The van der Waals surface area contributed by atoms with Crippen molar-refractivity contribution in [1.82, 2.24) is 9.97 Å². The van der Waals surface area contributed by atoms with E-state index in [4.69, 9.17) is 9.47 Å². The standard InChI is InChI=1S/C17H23N3O3/c1-17(2,15-22-10-11-23-15)8-5-9-18-16-19-13-7-4-3-6-12(13)14(21)20-16/h3-4,6-7,15H,5,8-11H2,1-2H3,(H2,18,19,20,21). The summed E-state index contributed by atoms with van der Waals surface area (Å²) in [6.07, 6.45) is 1.77. The lowest BCUT2D eigenvalue weighted by Gasteiger charge is -2.29. The lowest BCUT2D eigenvalue weighted by molar-refractivity contribution is -0.122. The minimum atomic E-state index is -0.124. The number of anilines is 1. The summed E-state index contributed by atoms with van der Waals surface area (Å²) in [5, 5.41) is 3.80. The topological polar surface area (TPSA) is 76.2 Å². The van der Waals surface area contributed by atoms with Crippen LogP contribution in [0.2, 0.25) is 0 Å². The number of nitrogens with zero attached hydrogens (tertiary/aromatic N) is 1. The van der Waals surface area contributed by atoms with E-state index in [2.05, 4.69) is 29.1 Å². The molecule has 2 N–H and O–H groups in total. The Morgan fingerprint density at radius 3 is 2.83 bits per heavy atom. The van der Waals surface area contributed by atoms with Crippen molar-refractivity contribution in [2.24, 2.45) is 5.41 Å². The molecule has 1 aromatic heterocycles. The number of aromatic amines is 1. The number of hydrogen-bond donors (Lipinski definition) is 2. The number of rotatable bonds is 6. The maximum atomic E-state index is 12.0. The van der Waals surface area contributed by atoms with Gasteiger partial charge in [-0.3, -0.25) is 9.78 Å². The van der Waals surface area contributed by atoms with Crippen LogP contribution >= 0.6 is 0 Å². The van der Waals surface area contributed by atoms with Gasteiger partial charge in [-0.15, -0.1) is 0 Å². The molecule has 1 fully saturated rings. The average molecular weight is 317 g/mol. The molecule has 1 saturated heterocycles. The van der Waals surface area contributed by atoms with Gasteiger partial charge in [0.2, 0.25) is 5.95 Å². The average Bonchev–Trinajstić information content (AvgIpc) is 3.07. The smallest absolute Gasteiger partial charge is 0.260 e. The quantitative estimate of drug-likeness (QED) is 0.801. The summed E-state index contributed by atoms with van der Waals surface area (Å²) in [4.78, 5) is 19.2. The summed E-state index contributed by atoms with van der Waals surface area (Å²) < 4.78 is 11.2. The number of aromatic nitrogens is 2. The fraction of sp³-hybridized carbons (Fsp3) is 0.529. The van der Waals surface area contributed by atoms with Crippen molar-refractivity contribution in [1.29, 1.82) is 0 Å². The first-order valence-corrected chi connectivity index (χ1v) is 8.02. The zero-order valence-corrected chi connectivity index (χ0v) is 13.6. The van der Waals surface area contributed by atoms with Gasteiger partial charge in [0, 0.05) is 12.0 Å². The highest BCUT2D eigenvalue weighted by atomic mass is 16.7. The molecule has 124 valence electrons. The van der Waals surface area contributed by atoms with Crippen molar-refractivity contribution in [3.63, 3.8) is 0 Å². The summed E-state index contributed by atoms with van der Waals surface area (Å²) in [6, 6.07) is 7.33. The molecular formula is C17H23N3O3. The fourth-order valence-electron chi connectivity index (χ4n) is 2.85. The summed E-state index contributed by atoms with van der Waals surface area (Å²) in [5.41, 5.74) is 0.556. The van der Waals surface area contributed by atoms with Gasteiger partial charge >= 0.3 is 0 Å². The lowest BCUT2D eigenvalue weighted by atomic mass is 9.87. The molecule has 1 aliphatic rings. The number of hydrogen-bond acceptors (Lipinski definition) is 5. The van der Waals surface area contributed by atoms with Crippen LogP contribution in [0.15, 0.2) is 29.1 Å². The van der Waals surface area contributed by atoms with Crippen LogP contribution in [0.1, 0.15) is 26.7 Å². The predicted octanol–water partition coefficient (Wildman–Crippen LogP) is 2.51. The van der Waals surface area contributed by atoms with Crippen LogP contribution < -0.4 is 10.9 Å². The van der Waals surface area contributed by atoms with Crippen LogP contribution in [0.3, 0.4) is 0 Å². The molecule has 0 saturated carbocycles. The number of fused-ring (bicyclic) bond motifs is 1. The molecule has 6 heteroatoms. The van der Waals surface area contributed by atoms with Gasteiger partial charge in [-0.1, -0.05) is 26.0 Å². The van der Waals surface area contributed by atoms with Crippen molar-refractivity contribution in [3.8, 4) is 0 Å². The second-order valence-corrected chi connectivity index (χ2v) is 6.52. The van der Waals surface area contributed by atoms with Crippen LogP contribution in [0.5, 0.6) is 0 Å². The Bertz CT molecular complexity index is 720. The molecule has 1 aromatic carbocycles. The number of ether oxygens (including phenoxy) is 2. The molecule has 0 bridgehead atoms. The first-order chi connectivity index (χ1) is 11.1. The Labute approximate surface area is 135 Å². The van der Waals surface area contributed by atoms with Gasteiger partial charge in [-0.25, -0.2) is 4.98 Å². The molecule has 2 aromatic rings. The van der Waals surface area contributed by atoms with Gasteiger partial charge in [-0.05, 0) is 25.0 Å². The van der Waals surface area contributed by atoms with E-state index in [9.17, 15) is 4.79 Å². The second kappa shape index (κ2) is 6.68.